The molecule has 5 nitrogen and oxygen atoms in total. The molecule has 0 amide bonds. The Hall–Kier alpha value is -1.62. The van der Waals surface area contributed by atoms with Gasteiger partial charge in [0, 0.05) is 18.6 Å². The summed E-state index contributed by atoms with van der Waals surface area (Å²) in [6.45, 7) is 3.79. The Morgan fingerprint density at radius 2 is 2.18 bits per heavy atom. The van der Waals surface area contributed by atoms with Crippen molar-refractivity contribution >= 4 is 23.3 Å². The van der Waals surface area contributed by atoms with Crippen LogP contribution in [0.1, 0.15) is 20.3 Å². The second-order valence-electron chi connectivity index (χ2n) is 3.94. The summed E-state index contributed by atoms with van der Waals surface area (Å²) in [5, 5.41) is 10.5. The van der Waals surface area contributed by atoms with E-state index in [1.54, 1.807) is 0 Å². The molecule has 0 spiro atoms. The lowest BCUT2D eigenvalue weighted by Gasteiger charge is -2.06. The van der Waals surface area contributed by atoms with Gasteiger partial charge in [-0.1, -0.05) is 25.4 Å². The van der Waals surface area contributed by atoms with Crippen molar-refractivity contribution in [2.45, 2.75) is 20.3 Å². The number of nitro groups is 1. The molecule has 0 aliphatic carbocycles. The third-order valence-electron chi connectivity index (χ3n) is 1.92. The number of benzene rings is 1. The highest BCUT2D eigenvalue weighted by Crippen LogP contribution is 2.28. The molecule has 0 heterocycles. The molecule has 0 fully saturated rings. The maximum Gasteiger partial charge on any atom is 0.311 e. The molecule has 0 aliphatic rings. The molecule has 0 aliphatic heterocycles. The number of nitro benzene ring substituents is 1. The van der Waals surface area contributed by atoms with Crippen LogP contribution in [0.2, 0.25) is 5.02 Å². The molecule has 1 rings (SSSR count). The van der Waals surface area contributed by atoms with Gasteiger partial charge >= 0.3 is 5.97 Å². The predicted octanol–water partition coefficient (Wildman–Crippen LogP) is 3.20. The minimum Gasteiger partial charge on any atom is -0.426 e. The first-order chi connectivity index (χ1) is 7.90. The zero-order valence-corrected chi connectivity index (χ0v) is 10.2. The van der Waals surface area contributed by atoms with E-state index in [-0.39, 0.29) is 34.8 Å². The Balaban J connectivity index is 2.77. The van der Waals surface area contributed by atoms with Crippen LogP contribution in [0.3, 0.4) is 0 Å². The average molecular weight is 258 g/mol. The standard InChI is InChI=1S/C11H12ClNO4/c1-7(2)5-11(14)17-8-3-4-10(13(15)16)9(12)6-8/h3-4,6-7H,5H2,1-2H3. The summed E-state index contributed by atoms with van der Waals surface area (Å²) in [6, 6.07) is 3.82. The van der Waals surface area contributed by atoms with E-state index in [1.807, 2.05) is 13.8 Å². The summed E-state index contributed by atoms with van der Waals surface area (Å²) in [4.78, 5) is 21.3. The van der Waals surface area contributed by atoms with E-state index < -0.39 is 4.92 Å². The van der Waals surface area contributed by atoms with E-state index in [2.05, 4.69) is 0 Å². The van der Waals surface area contributed by atoms with Crippen LogP contribution in [0.15, 0.2) is 18.2 Å². The zero-order valence-electron chi connectivity index (χ0n) is 9.47. The molecule has 0 N–H and O–H groups in total. The third kappa shape index (κ3) is 4.03. The highest BCUT2D eigenvalue weighted by Gasteiger charge is 2.14. The smallest absolute Gasteiger partial charge is 0.311 e. The number of rotatable bonds is 4. The first kappa shape index (κ1) is 13.4. The molecule has 0 bridgehead atoms. The normalized spacial score (nSPS) is 10.4. The molecule has 0 atom stereocenters. The second kappa shape index (κ2) is 5.63. The molecule has 0 saturated heterocycles. The average Bonchev–Trinajstić information content (AvgIpc) is 2.15. The summed E-state index contributed by atoms with van der Waals surface area (Å²) in [5.74, 6) is 0.0205. The molecule has 0 saturated carbocycles. The van der Waals surface area contributed by atoms with Crippen molar-refractivity contribution in [1.82, 2.24) is 0 Å². The maximum atomic E-state index is 11.4. The topological polar surface area (TPSA) is 69.4 Å². The molecule has 1 aromatic carbocycles. The highest BCUT2D eigenvalue weighted by molar-refractivity contribution is 6.32. The molecule has 92 valence electrons. The van der Waals surface area contributed by atoms with Crippen molar-refractivity contribution in [3.8, 4) is 5.75 Å². The molecule has 1 aromatic rings. The lowest BCUT2D eigenvalue weighted by atomic mass is 10.1. The van der Waals surface area contributed by atoms with Crippen LogP contribution in [0, 0.1) is 16.0 Å². The van der Waals surface area contributed by atoms with Gasteiger partial charge in [-0.05, 0) is 12.0 Å². The first-order valence-corrected chi connectivity index (χ1v) is 5.42. The Morgan fingerprint density at radius 1 is 1.53 bits per heavy atom. The number of carbonyl (C=O) groups excluding carboxylic acids is 1. The quantitative estimate of drug-likeness (QED) is 0.359. The fourth-order valence-corrected chi connectivity index (χ4v) is 1.45. The number of nitrogens with zero attached hydrogens (tertiary/aromatic N) is 1. The van der Waals surface area contributed by atoms with Crippen molar-refractivity contribution in [1.29, 1.82) is 0 Å². The van der Waals surface area contributed by atoms with Crippen LogP contribution in [0.5, 0.6) is 5.75 Å². The SMILES string of the molecule is CC(C)CC(=O)Oc1ccc([N+](=O)[O-])c(Cl)c1. The minimum atomic E-state index is -0.595. The maximum absolute atomic E-state index is 11.4. The first-order valence-electron chi connectivity index (χ1n) is 5.04. The van der Waals surface area contributed by atoms with E-state index >= 15 is 0 Å². The Labute approximate surface area is 103 Å². The fourth-order valence-electron chi connectivity index (χ4n) is 1.21. The van der Waals surface area contributed by atoms with Gasteiger partial charge in [-0.2, -0.15) is 0 Å². The van der Waals surface area contributed by atoms with Gasteiger partial charge in [0.15, 0.2) is 0 Å². The fraction of sp³-hybridized carbons (Fsp3) is 0.364. The zero-order chi connectivity index (χ0) is 13.0. The second-order valence-corrected chi connectivity index (χ2v) is 4.35. The van der Waals surface area contributed by atoms with Crippen LogP contribution in [-0.2, 0) is 4.79 Å². The minimum absolute atomic E-state index is 0.0511. The van der Waals surface area contributed by atoms with E-state index in [9.17, 15) is 14.9 Å². The van der Waals surface area contributed by atoms with Crippen molar-refractivity contribution < 1.29 is 14.5 Å². The monoisotopic (exact) mass is 257 g/mol. The van der Waals surface area contributed by atoms with Gasteiger partial charge in [-0.15, -0.1) is 0 Å². The van der Waals surface area contributed by atoms with Crippen LogP contribution in [-0.4, -0.2) is 10.9 Å². The largest absolute Gasteiger partial charge is 0.426 e. The molecule has 0 unspecified atom stereocenters. The van der Waals surface area contributed by atoms with Crippen molar-refractivity contribution in [2.75, 3.05) is 0 Å². The number of hydrogen-bond donors (Lipinski definition) is 0. The molecular weight excluding hydrogens is 246 g/mol. The highest BCUT2D eigenvalue weighted by atomic mass is 35.5. The van der Waals surface area contributed by atoms with Gasteiger partial charge < -0.3 is 4.74 Å². The Morgan fingerprint density at radius 3 is 2.65 bits per heavy atom. The molecule has 0 radical (unpaired) electrons. The van der Waals surface area contributed by atoms with E-state index in [1.165, 1.54) is 18.2 Å². The summed E-state index contributed by atoms with van der Waals surface area (Å²) in [6.07, 6.45) is 0.286. The molecule has 17 heavy (non-hydrogen) atoms. The van der Waals surface area contributed by atoms with Crippen LogP contribution < -0.4 is 4.74 Å². The van der Waals surface area contributed by atoms with Gasteiger partial charge in [0.2, 0.25) is 0 Å². The van der Waals surface area contributed by atoms with Crippen LogP contribution in [0.25, 0.3) is 0 Å². The lowest BCUT2D eigenvalue weighted by molar-refractivity contribution is -0.384. The van der Waals surface area contributed by atoms with Crippen LogP contribution >= 0.6 is 11.6 Å². The summed E-state index contributed by atoms with van der Waals surface area (Å²) < 4.78 is 4.99. The van der Waals surface area contributed by atoms with Gasteiger partial charge in [0.1, 0.15) is 10.8 Å². The van der Waals surface area contributed by atoms with Gasteiger partial charge in [0.05, 0.1) is 4.92 Å². The number of esters is 1. The van der Waals surface area contributed by atoms with Crippen molar-refractivity contribution in [3.63, 3.8) is 0 Å². The van der Waals surface area contributed by atoms with E-state index in [4.69, 9.17) is 16.3 Å². The lowest BCUT2D eigenvalue weighted by Crippen LogP contribution is -2.10. The number of halogens is 1. The molecule has 6 heteroatoms. The third-order valence-corrected chi connectivity index (χ3v) is 2.23. The summed E-state index contributed by atoms with van der Waals surface area (Å²) >= 11 is 5.68. The number of carbonyl (C=O) groups is 1. The van der Waals surface area contributed by atoms with Crippen molar-refractivity contribution in [3.05, 3.63) is 33.3 Å². The predicted molar refractivity (Wildman–Crippen MR) is 63.2 cm³/mol. The van der Waals surface area contributed by atoms with E-state index in [0.29, 0.717) is 0 Å². The summed E-state index contributed by atoms with van der Waals surface area (Å²) in [7, 11) is 0. The number of ether oxygens (including phenoxy) is 1. The van der Waals surface area contributed by atoms with E-state index in [0.717, 1.165) is 0 Å². The number of hydrogen-bond acceptors (Lipinski definition) is 4. The van der Waals surface area contributed by atoms with Gasteiger partial charge in [0.25, 0.3) is 5.69 Å². The molecular formula is C11H12ClNO4. The van der Waals surface area contributed by atoms with Gasteiger partial charge in [-0.25, -0.2) is 0 Å². The Kier molecular flexibility index (Phi) is 4.45. The molecule has 0 aromatic heterocycles. The Bertz CT molecular complexity index is 445. The van der Waals surface area contributed by atoms with Crippen LogP contribution in [0.4, 0.5) is 5.69 Å². The van der Waals surface area contributed by atoms with Gasteiger partial charge in [-0.3, -0.25) is 14.9 Å². The van der Waals surface area contributed by atoms with Crippen molar-refractivity contribution in [2.24, 2.45) is 5.92 Å². The summed E-state index contributed by atoms with van der Waals surface area (Å²) in [5.41, 5.74) is -0.213.